The van der Waals surface area contributed by atoms with Crippen molar-refractivity contribution < 1.29 is 9.53 Å². The molecule has 0 saturated heterocycles. The molecule has 3 aromatic rings. The number of aryl methyl sites for hydroxylation is 1. The number of nitrogens with zero attached hydrogens (tertiary/aromatic N) is 4. The smallest absolute Gasteiger partial charge is 0.291 e. The van der Waals surface area contributed by atoms with E-state index >= 15 is 0 Å². The molecule has 0 aliphatic carbocycles. The third kappa shape index (κ3) is 4.19. The number of carbonyl (C=O) groups is 1. The van der Waals surface area contributed by atoms with Crippen LogP contribution in [0.3, 0.4) is 0 Å². The summed E-state index contributed by atoms with van der Waals surface area (Å²) in [6, 6.07) is 11.9. The Morgan fingerprint density at radius 2 is 2.08 bits per heavy atom. The first kappa shape index (κ1) is 17.0. The number of rotatable bonds is 7. The molecule has 0 radical (unpaired) electrons. The van der Waals surface area contributed by atoms with Crippen LogP contribution < -0.4 is 5.32 Å². The van der Waals surface area contributed by atoms with Crippen LogP contribution in [0, 0.1) is 6.92 Å². The molecule has 0 aliphatic heterocycles. The molecule has 1 atom stereocenters. The number of benzene rings is 1. The fraction of sp³-hybridized carbons (Fsp3) is 0.333. The van der Waals surface area contributed by atoms with E-state index in [4.69, 9.17) is 4.74 Å². The summed E-state index contributed by atoms with van der Waals surface area (Å²) in [4.78, 5) is 20.4. The summed E-state index contributed by atoms with van der Waals surface area (Å²) < 4.78 is 7.34. The summed E-state index contributed by atoms with van der Waals surface area (Å²) >= 11 is 0. The zero-order valence-corrected chi connectivity index (χ0v) is 14.3. The molecule has 2 heterocycles. The van der Waals surface area contributed by atoms with Gasteiger partial charge in [0, 0.05) is 25.0 Å². The van der Waals surface area contributed by atoms with Crippen LogP contribution in [0.2, 0.25) is 0 Å². The molecule has 0 fully saturated rings. The van der Waals surface area contributed by atoms with Crippen molar-refractivity contribution in [3.05, 3.63) is 59.7 Å². The van der Waals surface area contributed by atoms with Crippen molar-refractivity contribution in [1.82, 2.24) is 24.9 Å². The summed E-state index contributed by atoms with van der Waals surface area (Å²) in [6.07, 6.45) is 2.39. The Labute approximate surface area is 146 Å². The van der Waals surface area contributed by atoms with Crippen LogP contribution in [-0.2, 0) is 4.74 Å². The Morgan fingerprint density at radius 1 is 1.28 bits per heavy atom. The van der Waals surface area contributed by atoms with Gasteiger partial charge in [-0.25, -0.2) is 9.50 Å². The third-order valence-corrected chi connectivity index (χ3v) is 3.88. The first-order valence-corrected chi connectivity index (χ1v) is 8.28. The van der Waals surface area contributed by atoms with E-state index in [2.05, 4.69) is 20.4 Å². The van der Waals surface area contributed by atoms with E-state index in [1.54, 1.807) is 10.7 Å². The molecule has 1 N–H and O–H groups in total. The first-order valence-electron chi connectivity index (χ1n) is 8.28. The molecule has 7 heteroatoms. The summed E-state index contributed by atoms with van der Waals surface area (Å²) in [5.41, 5.74) is 2.02. The molecule has 1 aromatic carbocycles. The number of aromatic nitrogens is 4. The maximum absolute atomic E-state index is 12.1. The number of hydrogen-bond acceptors (Lipinski definition) is 5. The van der Waals surface area contributed by atoms with E-state index in [-0.39, 0.29) is 17.8 Å². The maximum atomic E-state index is 12.1. The minimum Gasteiger partial charge on any atom is -0.374 e. The van der Waals surface area contributed by atoms with Crippen molar-refractivity contribution in [2.75, 3.05) is 13.2 Å². The van der Waals surface area contributed by atoms with Crippen LogP contribution in [0.1, 0.15) is 41.3 Å². The van der Waals surface area contributed by atoms with Gasteiger partial charge >= 0.3 is 0 Å². The van der Waals surface area contributed by atoms with Crippen LogP contribution in [-0.4, -0.2) is 38.6 Å². The summed E-state index contributed by atoms with van der Waals surface area (Å²) in [7, 11) is 0. The molecule has 0 aliphatic rings. The molecule has 1 unspecified atom stereocenters. The van der Waals surface area contributed by atoms with Crippen molar-refractivity contribution in [1.29, 1.82) is 0 Å². The van der Waals surface area contributed by atoms with Crippen LogP contribution in [0.25, 0.3) is 5.78 Å². The van der Waals surface area contributed by atoms with Gasteiger partial charge in [0.25, 0.3) is 11.7 Å². The highest BCUT2D eigenvalue weighted by Crippen LogP contribution is 2.15. The Bertz CT molecular complexity index is 847. The van der Waals surface area contributed by atoms with E-state index in [0.717, 1.165) is 11.3 Å². The van der Waals surface area contributed by atoms with Crippen LogP contribution >= 0.6 is 0 Å². The average molecular weight is 339 g/mol. The largest absolute Gasteiger partial charge is 0.374 e. The number of carbonyl (C=O) groups excluding carboxylic acids is 1. The number of amides is 1. The zero-order valence-electron chi connectivity index (χ0n) is 14.3. The Morgan fingerprint density at radius 3 is 2.84 bits per heavy atom. The highest BCUT2D eigenvalue weighted by Gasteiger charge is 2.13. The van der Waals surface area contributed by atoms with Crippen LogP contribution in [0.5, 0.6) is 0 Å². The van der Waals surface area contributed by atoms with Gasteiger partial charge in [-0.1, -0.05) is 30.3 Å². The summed E-state index contributed by atoms with van der Waals surface area (Å²) in [6.45, 7) is 4.97. The second-order valence-corrected chi connectivity index (χ2v) is 5.77. The first-order chi connectivity index (χ1) is 12.1. The lowest BCUT2D eigenvalue weighted by Gasteiger charge is -2.13. The fourth-order valence-electron chi connectivity index (χ4n) is 2.44. The minimum atomic E-state index is -0.305. The Balaban J connectivity index is 1.44. The molecule has 2 aromatic heterocycles. The van der Waals surface area contributed by atoms with Gasteiger partial charge < -0.3 is 10.1 Å². The highest BCUT2D eigenvalue weighted by molar-refractivity contribution is 5.90. The summed E-state index contributed by atoms with van der Waals surface area (Å²) in [5, 5.41) is 6.99. The standard InChI is InChI=1S/C18H21N5O2/c1-13-9-11-20-18-21-16(22-23(13)18)17(24)19-10-6-12-25-14(2)15-7-4-3-5-8-15/h3-5,7-9,11,14H,6,10,12H2,1-2H3,(H,19,24). The zero-order chi connectivity index (χ0) is 17.6. The molecule has 0 saturated carbocycles. The third-order valence-electron chi connectivity index (χ3n) is 3.88. The SMILES string of the molecule is Cc1ccnc2nc(C(=O)NCCCOC(C)c3ccccc3)nn12. The lowest BCUT2D eigenvalue weighted by molar-refractivity contribution is 0.0634. The molecule has 3 rings (SSSR count). The summed E-state index contributed by atoms with van der Waals surface area (Å²) in [5.74, 6) is 0.242. The molecule has 130 valence electrons. The van der Waals surface area contributed by atoms with Gasteiger partial charge in [0.1, 0.15) is 0 Å². The van der Waals surface area contributed by atoms with E-state index in [1.807, 2.05) is 50.2 Å². The van der Waals surface area contributed by atoms with Gasteiger partial charge in [-0.2, -0.15) is 4.98 Å². The van der Waals surface area contributed by atoms with Crippen molar-refractivity contribution in [2.24, 2.45) is 0 Å². The van der Waals surface area contributed by atoms with Gasteiger partial charge in [-0.3, -0.25) is 4.79 Å². The second kappa shape index (κ2) is 7.85. The highest BCUT2D eigenvalue weighted by atomic mass is 16.5. The lowest BCUT2D eigenvalue weighted by atomic mass is 10.1. The molecule has 1 amide bonds. The number of nitrogens with one attached hydrogen (secondary N) is 1. The van der Waals surface area contributed by atoms with Gasteiger partial charge in [-0.05, 0) is 31.9 Å². The van der Waals surface area contributed by atoms with E-state index in [9.17, 15) is 4.79 Å². The quantitative estimate of drug-likeness (QED) is 0.668. The molecular weight excluding hydrogens is 318 g/mol. The van der Waals surface area contributed by atoms with E-state index in [1.165, 1.54) is 0 Å². The lowest BCUT2D eigenvalue weighted by Crippen LogP contribution is -2.26. The second-order valence-electron chi connectivity index (χ2n) is 5.77. The molecule has 25 heavy (non-hydrogen) atoms. The van der Waals surface area contributed by atoms with Crippen molar-refractivity contribution in [2.45, 2.75) is 26.4 Å². The van der Waals surface area contributed by atoms with Crippen molar-refractivity contribution in [3.63, 3.8) is 0 Å². The van der Waals surface area contributed by atoms with E-state index < -0.39 is 0 Å². The number of hydrogen-bond donors (Lipinski definition) is 1. The molecular formula is C18H21N5O2. The van der Waals surface area contributed by atoms with Gasteiger partial charge in [0.05, 0.1) is 6.10 Å². The van der Waals surface area contributed by atoms with Gasteiger partial charge in [0.15, 0.2) is 0 Å². The Hall–Kier alpha value is -2.80. The van der Waals surface area contributed by atoms with Crippen LogP contribution in [0.4, 0.5) is 0 Å². The normalized spacial score (nSPS) is 12.2. The predicted molar refractivity (Wildman–Crippen MR) is 93.3 cm³/mol. The Kier molecular flexibility index (Phi) is 5.35. The number of ether oxygens (including phenoxy) is 1. The minimum absolute atomic E-state index is 0.0334. The van der Waals surface area contributed by atoms with Gasteiger partial charge in [-0.15, -0.1) is 5.10 Å². The average Bonchev–Trinajstić information content (AvgIpc) is 3.08. The van der Waals surface area contributed by atoms with Gasteiger partial charge in [0.2, 0.25) is 5.82 Å². The topological polar surface area (TPSA) is 81.4 Å². The van der Waals surface area contributed by atoms with Crippen molar-refractivity contribution >= 4 is 11.7 Å². The molecule has 0 bridgehead atoms. The fourth-order valence-corrected chi connectivity index (χ4v) is 2.44. The monoisotopic (exact) mass is 339 g/mol. The van der Waals surface area contributed by atoms with Crippen molar-refractivity contribution in [3.8, 4) is 0 Å². The van der Waals surface area contributed by atoms with E-state index in [0.29, 0.717) is 25.4 Å². The molecule has 7 nitrogen and oxygen atoms in total. The number of fused-ring (bicyclic) bond motifs is 1. The predicted octanol–water partition coefficient (Wildman–Crippen LogP) is 2.33. The van der Waals surface area contributed by atoms with Crippen LogP contribution in [0.15, 0.2) is 42.6 Å². The maximum Gasteiger partial charge on any atom is 0.291 e. The molecule has 0 spiro atoms.